The summed E-state index contributed by atoms with van der Waals surface area (Å²) in [5, 5.41) is 4.20. The molecule has 3 heteroatoms. The van der Waals surface area contributed by atoms with Gasteiger partial charge in [0.2, 0.25) is 0 Å². The third kappa shape index (κ3) is 2.75. The minimum Gasteiger partial charge on any atom is -0.496 e. The van der Waals surface area contributed by atoms with Gasteiger partial charge in [-0.05, 0) is 44.0 Å². The second-order valence-electron chi connectivity index (χ2n) is 4.70. The summed E-state index contributed by atoms with van der Waals surface area (Å²) < 4.78 is 5.44. The molecule has 1 aliphatic rings. The van der Waals surface area contributed by atoms with Crippen LogP contribution in [-0.4, -0.2) is 14.2 Å². The van der Waals surface area contributed by atoms with E-state index in [1.165, 1.54) is 31.2 Å². The van der Waals surface area contributed by atoms with E-state index >= 15 is 0 Å². The summed E-state index contributed by atoms with van der Waals surface area (Å²) in [7, 11) is 3.73. The summed E-state index contributed by atoms with van der Waals surface area (Å²) in [6.07, 6.45) is 5.26. The normalized spacial score (nSPS) is 18.3. The average molecular weight is 254 g/mol. The van der Waals surface area contributed by atoms with Crippen LogP contribution < -0.4 is 10.1 Å². The second kappa shape index (κ2) is 5.74. The van der Waals surface area contributed by atoms with Crippen LogP contribution in [0, 0.1) is 5.92 Å². The zero-order chi connectivity index (χ0) is 12.3. The lowest BCUT2D eigenvalue weighted by Gasteiger charge is -2.25. The molecule has 1 atom stereocenters. The van der Waals surface area contributed by atoms with Crippen LogP contribution in [0.2, 0.25) is 5.02 Å². The van der Waals surface area contributed by atoms with Crippen LogP contribution in [0.4, 0.5) is 0 Å². The van der Waals surface area contributed by atoms with Crippen LogP contribution >= 0.6 is 11.6 Å². The molecule has 0 saturated heterocycles. The van der Waals surface area contributed by atoms with E-state index in [4.69, 9.17) is 16.3 Å². The van der Waals surface area contributed by atoms with E-state index < -0.39 is 0 Å². The Kier molecular flexibility index (Phi) is 4.30. The van der Waals surface area contributed by atoms with Crippen molar-refractivity contribution >= 4 is 11.6 Å². The van der Waals surface area contributed by atoms with Crippen LogP contribution in [0.15, 0.2) is 18.2 Å². The maximum atomic E-state index is 6.10. The first-order valence-corrected chi connectivity index (χ1v) is 6.64. The first-order valence-electron chi connectivity index (χ1n) is 6.27. The Balaban J connectivity index is 2.31. The predicted molar refractivity (Wildman–Crippen MR) is 71.8 cm³/mol. The van der Waals surface area contributed by atoms with Crippen LogP contribution in [0.5, 0.6) is 5.75 Å². The molecule has 0 spiro atoms. The number of halogens is 1. The van der Waals surface area contributed by atoms with Gasteiger partial charge in [-0.3, -0.25) is 0 Å². The van der Waals surface area contributed by atoms with Gasteiger partial charge in [0.15, 0.2) is 0 Å². The largest absolute Gasteiger partial charge is 0.496 e. The molecule has 0 heterocycles. The summed E-state index contributed by atoms with van der Waals surface area (Å²) in [6.45, 7) is 0. The fraction of sp³-hybridized carbons (Fsp3) is 0.571. The van der Waals surface area contributed by atoms with E-state index in [9.17, 15) is 0 Å². The van der Waals surface area contributed by atoms with Crippen molar-refractivity contribution in [1.29, 1.82) is 0 Å². The zero-order valence-corrected chi connectivity index (χ0v) is 11.3. The van der Waals surface area contributed by atoms with Crippen molar-refractivity contribution in [3.05, 3.63) is 28.8 Å². The molecule has 0 aromatic heterocycles. The molecule has 2 nitrogen and oxygen atoms in total. The van der Waals surface area contributed by atoms with Crippen molar-refractivity contribution < 1.29 is 4.74 Å². The molecule has 1 unspecified atom stereocenters. The summed E-state index contributed by atoms with van der Waals surface area (Å²) in [5.41, 5.74) is 1.19. The number of hydrogen-bond acceptors (Lipinski definition) is 2. The molecule has 2 rings (SSSR count). The first-order chi connectivity index (χ1) is 8.26. The van der Waals surface area contributed by atoms with Gasteiger partial charge >= 0.3 is 0 Å². The standard InChI is InChI=1S/C14H20ClNO/c1-16-14(10-5-3-4-6-10)12-9-11(15)7-8-13(12)17-2/h7-10,14,16H,3-6H2,1-2H3. The van der Waals surface area contributed by atoms with Crippen LogP contribution in [0.3, 0.4) is 0 Å². The van der Waals surface area contributed by atoms with Gasteiger partial charge in [-0.15, -0.1) is 0 Å². The zero-order valence-electron chi connectivity index (χ0n) is 10.5. The van der Waals surface area contributed by atoms with Gasteiger partial charge in [-0.1, -0.05) is 24.4 Å². The third-order valence-electron chi connectivity index (χ3n) is 3.71. The highest BCUT2D eigenvalue weighted by molar-refractivity contribution is 6.30. The van der Waals surface area contributed by atoms with Crippen molar-refractivity contribution in [2.45, 2.75) is 31.7 Å². The molecule has 0 aliphatic heterocycles. The molecule has 1 fully saturated rings. The maximum absolute atomic E-state index is 6.10. The lowest BCUT2D eigenvalue weighted by Crippen LogP contribution is -2.24. The summed E-state index contributed by atoms with van der Waals surface area (Å²) in [6, 6.07) is 6.22. The minimum atomic E-state index is 0.353. The Hall–Kier alpha value is -0.730. The number of nitrogens with one attached hydrogen (secondary N) is 1. The molecule has 94 valence electrons. The first kappa shape index (κ1) is 12.7. The van der Waals surface area contributed by atoms with E-state index in [0.29, 0.717) is 12.0 Å². The molecular formula is C14H20ClNO. The molecular weight excluding hydrogens is 234 g/mol. The van der Waals surface area contributed by atoms with Gasteiger partial charge in [0.05, 0.1) is 7.11 Å². The third-order valence-corrected chi connectivity index (χ3v) is 3.94. The van der Waals surface area contributed by atoms with Crippen molar-refractivity contribution in [1.82, 2.24) is 5.32 Å². The fourth-order valence-electron chi connectivity index (χ4n) is 2.88. The molecule has 0 bridgehead atoms. The number of rotatable bonds is 4. The Labute approximate surface area is 108 Å². The monoisotopic (exact) mass is 253 g/mol. The molecule has 0 radical (unpaired) electrons. The minimum absolute atomic E-state index is 0.353. The van der Waals surface area contributed by atoms with Crippen LogP contribution in [-0.2, 0) is 0 Å². The van der Waals surface area contributed by atoms with E-state index in [1.54, 1.807) is 7.11 Å². The average Bonchev–Trinajstić information content (AvgIpc) is 2.84. The second-order valence-corrected chi connectivity index (χ2v) is 5.13. The number of hydrogen-bond donors (Lipinski definition) is 1. The van der Waals surface area contributed by atoms with Gasteiger partial charge in [-0.25, -0.2) is 0 Å². The predicted octanol–water partition coefficient (Wildman–Crippen LogP) is 3.80. The smallest absolute Gasteiger partial charge is 0.123 e. The van der Waals surface area contributed by atoms with Crippen LogP contribution in [0.1, 0.15) is 37.3 Å². The van der Waals surface area contributed by atoms with Gasteiger partial charge in [0.1, 0.15) is 5.75 Å². The highest BCUT2D eigenvalue weighted by atomic mass is 35.5. The topological polar surface area (TPSA) is 21.3 Å². The SMILES string of the molecule is CNC(c1cc(Cl)ccc1OC)C1CCCC1. The lowest BCUT2D eigenvalue weighted by molar-refractivity contribution is 0.359. The van der Waals surface area contributed by atoms with Gasteiger partial charge < -0.3 is 10.1 Å². The Bertz CT molecular complexity index is 374. The number of methoxy groups -OCH3 is 1. The van der Waals surface area contributed by atoms with Crippen molar-refractivity contribution in [2.75, 3.05) is 14.2 Å². The molecule has 1 aliphatic carbocycles. The molecule has 1 aromatic carbocycles. The molecule has 1 N–H and O–H groups in total. The van der Waals surface area contributed by atoms with Gasteiger partial charge in [0, 0.05) is 16.6 Å². The Morgan fingerprint density at radius 2 is 2.06 bits per heavy atom. The van der Waals surface area contributed by atoms with Crippen molar-refractivity contribution in [3.8, 4) is 5.75 Å². The highest BCUT2D eigenvalue weighted by Crippen LogP contribution is 2.39. The number of ether oxygens (including phenoxy) is 1. The van der Waals surface area contributed by atoms with E-state index in [1.807, 2.05) is 25.2 Å². The van der Waals surface area contributed by atoms with E-state index in [0.717, 1.165) is 10.8 Å². The highest BCUT2D eigenvalue weighted by Gasteiger charge is 2.27. The quantitative estimate of drug-likeness (QED) is 0.881. The lowest BCUT2D eigenvalue weighted by atomic mass is 9.91. The fourth-order valence-corrected chi connectivity index (χ4v) is 3.06. The molecule has 1 saturated carbocycles. The molecule has 17 heavy (non-hydrogen) atoms. The van der Waals surface area contributed by atoms with Gasteiger partial charge in [-0.2, -0.15) is 0 Å². The van der Waals surface area contributed by atoms with Crippen LogP contribution in [0.25, 0.3) is 0 Å². The maximum Gasteiger partial charge on any atom is 0.123 e. The summed E-state index contributed by atoms with van der Waals surface area (Å²) in [4.78, 5) is 0. The molecule has 0 amide bonds. The van der Waals surface area contributed by atoms with Crippen molar-refractivity contribution in [3.63, 3.8) is 0 Å². The van der Waals surface area contributed by atoms with E-state index in [-0.39, 0.29) is 0 Å². The molecule has 1 aromatic rings. The summed E-state index contributed by atoms with van der Waals surface area (Å²) in [5.74, 6) is 1.63. The number of benzene rings is 1. The summed E-state index contributed by atoms with van der Waals surface area (Å²) >= 11 is 6.10. The van der Waals surface area contributed by atoms with Crippen molar-refractivity contribution in [2.24, 2.45) is 5.92 Å². The van der Waals surface area contributed by atoms with E-state index in [2.05, 4.69) is 5.32 Å². The Morgan fingerprint density at radius 3 is 2.65 bits per heavy atom. The van der Waals surface area contributed by atoms with Gasteiger partial charge in [0.25, 0.3) is 0 Å². The Morgan fingerprint density at radius 1 is 1.35 bits per heavy atom.